The number of amides is 1. The Labute approximate surface area is 157 Å². The maximum atomic E-state index is 12.8. The minimum atomic E-state index is -0.238. The summed E-state index contributed by atoms with van der Waals surface area (Å²) in [6.45, 7) is 1.42. The van der Waals surface area contributed by atoms with E-state index in [1.54, 1.807) is 12.4 Å². The third-order valence-electron chi connectivity index (χ3n) is 4.78. The van der Waals surface area contributed by atoms with Gasteiger partial charge in [-0.2, -0.15) is 9.90 Å². The molecule has 1 N–H and O–H groups in total. The number of hydrogen-bond donors (Lipinski definition) is 1. The van der Waals surface area contributed by atoms with E-state index in [0.29, 0.717) is 24.8 Å². The Kier molecular flexibility index (Phi) is 5.20. The first-order chi connectivity index (χ1) is 13.3. The predicted molar refractivity (Wildman–Crippen MR) is 99.3 cm³/mol. The molecular weight excluding hydrogens is 342 g/mol. The molecule has 0 spiro atoms. The van der Waals surface area contributed by atoms with E-state index in [1.807, 2.05) is 42.5 Å². The zero-order valence-electron chi connectivity index (χ0n) is 14.9. The third kappa shape index (κ3) is 4.03. The summed E-state index contributed by atoms with van der Waals surface area (Å²) in [7, 11) is 0. The SMILES string of the molecule is O=C(NC(c1cccnc1)C1CCOCC1)c1cnn(-c2ccccc2)n1. The molecule has 1 aliphatic heterocycles. The van der Waals surface area contributed by atoms with E-state index in [1.165, 1.54) is 11.0 Å². The van der Waals surface area contributed by atoms with Crippen LogP contribution in [0.25, 0.3) is 5.69 Å². The van der Waals surface area contributed by atoms with Gasteiger partial charge >= 0.3 is 0 Å². The van der Waals surface area contributed by atoms with Gasteiger partial charge in [0.15, 0.2) is 5.69 Å². The fourth-order valence-electron chi connectivity index (χ4n) is 3.35. The topological polar surface area (TPSA) is 81.9 Å². The Hall–Kier alpha value is -3.06. The Bertz CT molecular complexity index is 876. The molecule has 2 aromatic heterocycles. The quantitative estimate of drug-likeness (QED) is 0.753. The van der Waals surface area contributed by atoms with Crippen molar-refractivity contribution in [2.24, 2.45) is 5.92 Å². The Morgan fingerprint density at radius 2 is 1.93 bits per heavy atom. The van der Waals surface area contributed by atoms with Gasteiger partial charge in [0.2, 0.25) is 0 Å². The number of nitrogens with one attached hydrogen (secondary N) is 1. The number of pyridine rings is 1. The monoisotopic (exact) mass is 363 g/mol. The van der Waals surface area contributed by atoms with Gasteiger partial charge in [-0.05, 0) is 42.5 Å². The minimum Gasteiger partial charge on any atom is -0.381 e. The van der Waals surface area contributed by atoms with Crippen molar-refractivity contribution in [3.63, 3.8) is 0 Å². The molecule has 1 aromatic carbocycles. The molecule has 1 aliphatic rings. The van der Waals surface area contributed by atoms with Crippen LogP contribution in [0.4, 0.5) is 0 Å². The van der Waals surface area contributed by atoms with E-state index in [9.17, 15) is 4.79 Å². The first-order valence-corrected chi connectivity index (χ1v) is 9.07. The highest BCUT2D eigenvalue weighted by atomic mass is 16.5. The van der Waals surface area contributed by atoms with Gasteiger partial charge in [0.1, 0.15) is 0 Å². The normalized spacial score (nSPS) is 16.0. The number of nitrogens with zero attached hydrogens (tertiary/aromatic N) is 4. The summed E-state index contributed by atoms with van der Waals surface area (Å²) < 4.78 is 5.47. The molecule has 0 bridgehead atoms. The molecule has 1 atom stereocenters. The lowest BCUT2D eigenvalue weighted by molar-refractivity contribution is 0.0512. The van der Waals surface area contributed by atoms with E-state index in [0.717, 1.165) is 24.1 Å². The summed E-state index contributed by atoms with van der Waals surface area (Å²) in [6, 6.07) is 13.3. The van der Waals surface area contributed by atoms with Gasteiger partial charge < -0.3 is 10.1 Å². The lowest BCUT2D eigenvalue weighted by atomic mass is 9.87. The minimum absolute atomic E-state index is 0.128. The number of aromatic nitrogens is 4. The Morgan fingerprint density at radius 3 is 2.67 bits per heavy atom. The van der Waals surface area contributed by atoms with Gasteiger partial charge in [0.05, 0.1) is 17.9 Å². The van der Waals surface area contributed by atoms with Crippen molar-refractivity contribution in [2.45, 2.75) is 18.9 Å². The van der Waals surface area contributed by atoms with Crippen molar-refractivity contribution in [3.05, 3.63) is 72.3 Å². The fraction of sp³-hybridized carbons (Fsp3) is 0.300. The van der Waals surface area contributed by atoms with Gasteiger partial charge in [-0.1, -0.05) is 24.3 Å². The number of para-hydroxylation sites is 1. The first kappa shape index (κ1) is 17.4. The highest BCUT2D eigenvalue weighted by molar-refractivity contribution is 5.92. The van der Waals surface area contributed by atoms with Crippen LogP contribution in [0.5, 0.6) is 0 Å². The van der Waals surface area contributed by atoms with Crippen molar-refractivity contribution in [1.82, 2.24) is 25.3 Å². The summed E-state index contributed by atoms with van der Waals surface area (Å²) >= 11 is 0. The smallest absolute Gasteiger partial charge is 0.273 e. The van der Waals surface area contributed by atoms with Crippen molar-refractivity contribution in [2.75, 3.05) is 13.2 Å². The molecule has 27 heavy (non-hydrogen) atoms. The van der Waals surface area contributed by atoms with Crippen LogP contribution in [0.1, 0.15) is 34.9 Å². The highest BCUT2D eigenvalue weighted by Crippen LogP contribution is 2.30. The molecule has 3 aromatic rings. The summed E-state index contributed by atoms with van der Waals surface area (Å²) in [5.74, 6) is 0.0635. The van der Waals surface area contributed by atoms with Crippen LogP contribution in [-0.2, 0) is 4.74 Å². The summed E-state index contributed by atoms with van der Waals surface area (Å²) in [5, 5.41) is 11.7. The number of carbonyl (C=O) groups excluding carboxylic acids is 1. The van der Waals surface area contributed by atoms with Gasteiger partial charge in [0.25, 0.3) is 5.91 Å². The summed E-state index contributed by atoms with van der Waals surface area (Å²) in [4.78, 5) is 18.5. The average molecular weight is 363 g/mol. The van der Waals surface area contributed by atoms with Crippen molar-refractivity contribution in [1.29, 1.82) is 0 Å². The second-order valence-electron chi connectivity index (χ2n) is 6.54. The van der Waals surface area contributed by atoms with Gasteiger partial charge in [-0.15, -0.1) is 5.10 Å². The van der Waals surface area contributed by atoms with E-state index >= 15 is 0 Å². The van der Waals surface area contributed by atoms with E-state index in [2.05, 4.69) is 20.5 Å². The standard InChI is InChI=1S/C20H21N5O2/c26-20(18-14-22-25(24-18)17-6-2-1-3-7-17)23-19(15-8-11-27-12-9-15)16-5-4-10-21-13-16/h1-7,10,13-15,19H,8-9,11-12H2,(H,23,26). The maximum absolute atomic E-state index is 12.8. The van der Waals surface area contributed by atoms with Crippen LogP contribution in [0.2, 0.25) is 0 Å². The van der Waals surface area contributed by atoms with Gasteiger partial charge in [0, 0.05) is 25.6 Å². The molecule has 138 valence electrons. The number of benzene rings is 1. The Morgan fingerprint density at radius 1 is 1.11 bits per heavy atom. The maximum Gasteiger partial charge on any atom is 0.273 e. The molecule has 1 unspecified atom stereocenters. The van der Waals surface area contributed by atoms with Crippen LogP contribution >= 0.6 is 0 Å². The molecule has 3 heterocycles. The van der Waals surface area contributed by atoms with Crippen molar-refractivity contribution < 1.29 is 9.53 Å². The van der Waals surface area contributed by atoms with Gasteiger partial charge in [-0.25, -0.2) is 0 Å². The molecule has 1 fully saturated rings. The second kappa shape index (κ2) is 8.09. The van der Waals surface area contributed by atoms with E-state index in [4.69, 9.17) is 4.74 Å². The summed E-state index contributed by atoms with van der Waals surface area (Å²) in [5.41, 5.74) is 2.10. The zero-order chi connectivity index (χ0) is 18.5. The van der Waals surface area contributed by atoms with E-state index < -0.39 is 0 Å². The molecule has 4 rings (SSSR count). The van der Waals surface area contributed by atoms with Crippen molar-refractivity contribution in [3.8, 4) is 5.69 Å². The van der Waals surface area contributed by atoms with E-state index in [-0.39, 0.29) is 11.9 Å². The number of ether oxygens (including phenoxy) is 1. The number of hydrogen-bond acceptors (Lipinski definition) is 5. The van der Waals surface area contributed by atoms with Crippen LogP contribution in [0, 0.1) is 5.92 Å². The molecule has 0 radical (unpaired) electrons. The lowest BCUT2D eigenvalue weighted by Crippen LogP contribution is -2.36. The van der Waals surface area contributed by atoms with Crippen LogP contribution in [0.15, 0.2) is 61.1 Å². The van der Waals surface area contributed by atoms with Gasteiger partial charge in [-0.3, -0.25) is 9.78 Å². The Balaban J connectivity index is 1.54. The average Bonchev–Trinajstić information content (AvgIpc) is 3.24. The highest BCUT2D eigenvalue weighted by Gasteiger charge is 2.28. The molecule has 0 saturated carbocycles. The summed E-state index contributed by atoms with van der Waals surface area (Å²) in [6.07, 6.45) is 6.83. The fourth-order valence-corrected chi connectivity index (χ4v) is 3.35. The molecule has 1 amide bonds. The third-order valence-corrected chi connectivity index (χ3v) is 4.78. The molecular formula is C20H21N5O2. The van der Waals surface area contributed by atoms with Crippen LogP contribution < -0.4 is 5.32 Å². The second-order valence-corrected chi connectivity index (χ2v) is 6.54. The molecule has 7 heteroatoms. The molecule has 0 aliphatic carbocycles. The molecule has 1 saturated heterocycles. The lowest BCUT2D eigenvalue weighted by Gasteiger charge is -2.30. The molecule has 7 nitrogen and oxygen atoms in total. The number of carbonyl (C=O) groups is 1. The van der Waals surface area contributed by atoms with Crippen LogP contribution in [0.3, 0.4) is 0 Å². The predicted octanol–water partition coefficient (Wildman–Crippen LogP) is 2.56. The van der Waals surface area contributed by atoms with Crippen molar-refractivity contribution >= 4 is 5.91 Å². The zero-order valence-corrected chi connectivity index (χ0v) is 14.9. The first-order valence-electron chi connectivity index (χ1n) is 9.07. The largest absolute Gasteiger partial charge is 0.381 e. The number of rotatable bonds is 5. The van der Waals surface area contributed by atoms with Crippen LogP contribution in [-0.4, -0.2) is 39.1 Å².